The molecule has 0 bridgehead atoms. The van der Waals surface area contributed by atoms with Crippen LogP contribution in [0.1, 0.15) is 34.3 Å². The normalized spacial score (nSPS) is 10.0. The molecule has 0 aliphatic heterocycles. The minimum Gasteiger partial charge on any atom is -0.388 e. The number of nitrogens with zero attached hydrogens (tertiary/aromatic N) is 1. The van der Waals surface area contributed by atoms with E-state index in [0.29, 0.717) is 22.6 Å². The zero-order valence-corrected chi connectivity index (χ0v) is 13.2. The van der Waals surface area contributed by atoms with Gasteiger partial charge in [-0.15, -0.1) is 0 Å². The first kappa shape index (κ1) is 16.1. The molecule has 0 aromatic heterocycles. The Bertz CT molecular complexity index is 719. The quantitative estimate of drug-likeness (QED) is 0.633. The van der Waals surface area contributed by atoms with Crippen LogP contribution >= 0.6 is 11.6 Å². The van der Waals surface area contributed by atoms with Crippen LogP contribution in [0.4, 0.5) is 5.69 Å². The number of rotatable bonds is 6. The summed E-state index contributed by atoms with van der Waals surface area (Å²) in [5.41, 5.74) is 3.01. The van der Waals surface area contributed by atoms with Crippen molar-refractivity contribution in [3.05, 3.63) is 64.2 Å². The summed E-state index contributed by atoms with van der Waals surface area (Å²) in [6, 6.07) is 14.9. The lowest BCUT2D eigenvalue weighted by Crippen LogP contribution is -2.06. The van der Waals surface area contributed by atoms with Crippen LogP contribution in [0.3, 0.4) is 0 Å². The maximum Gasteiger partial charge on any atom is 0.195 e. The molecule has 2 aromatic carbocycles. The lowest BCUT2D eigenvalue weighted by Gasteiger charge is -2.10. The molecule has 0 saturated heterocycles. The monoisotopic (exact) mass is 312 g/mol. The molecule has 0 unspecified atom stereocenters. The fourth-order valence-corrected chi connectivity index (χ4v) is 2.49. The van der Waals surface area contributed by atoms with Crippen molar-refractivity contribution in [2.75, 3.05) is 12.4 Å². The van der Waals surface area contributed by atoms with Gasteiger partial charge < -0.3 is 5.32 Å². The zero-order chi connectivity index (χ0) is 15.9. The van der Waals surface area contributed by atoms with Gasteiger partial charge in [-0.05, 0) is 42.7 Å². The van der Waals surface area contributed by atoms with Crippen molar-refractivity contribution in [3.8, 4) is 6.07 Å². The summed E-state index contributed by atoms with van der Waals surface area (Å²) in [6.45, 7) is 0. The van der Waals surface area contributed by atoms with Gasteiger partial charge in [0.25, 0.3) is 0 Å². The Hall–Kier alpha value is -2.31. The Labute approximate surface area is 135 Å². The number of carbonyl (C=O) groups is 1. The summed E-state index contributed by atoms with van der Waals surface area (Å²) >= 11 is 6.01. The highest BCUT2D eigenvalue weighted by atomic mass is 35.5. The van der Waals surface area contributed by atoms with E-state index in [1.165, 1.54) is 0 Å². The van der Waals surface area contributed by atoms with E-state index in [2.05, 4.69) is 11.4 Å². The molecular weight excluding hydrogens is 296 g/mol. The molecule has 0 spiro atoms. The lowest BCUT2D eigenvalue weighted by molar-refractivity contribution is 0.103. The Morgan fingerprint density at radius 3 is 2.82 bits per heavy atom. The zero-order valence-electron chi connectivity index (χ0n) is 12.4. The molecule has 2 aromatic rings. The Morgan fingerprint density at radius 1 is 1.27 bits per heavy atom. The summed E-state index contributed by atoms with van der Waals surface area (Å²) in [7, 11) is 1.78. The van der Waals surface area contributed by atoms with Crippen molar-refractivity contribution in [2.45, 2.75) is 19.3 Å². The van der Waals surface area contributed by atoms with Crippen molar-refractivity contribution in [3.63, 3.8) is 0 Å². The maximum atomic E-state index is 12.7. The van der Waals surface area contributed by atoms with E-state index in [9.17, 15) is 4.79 Å². The van der Waals surface area contributed by atoms with E-state index in [1.807, 2.05) is 18.2 Å². The summed E-state index contributed by atoms with van der Waals surface area (Å²) in [5, 5.41) is 12.1. The van der Waals surface area contributed by atoms with Gasteiger partial charge in [-0.25, -0.2) is 0 Å². The third kappa shape index (κ3) is 3.87. The van der Waals surface area contributed by atoms with E-state index in [-0.39, 0.29) is 5.78 Å². The van der Waals surface area contributed by atoms with Crippen LogP contribution in [0.25, 0.3) is 0 Å². The van der Waals surface area contributed by atoms with Gasteiger partial charge in [-0.3, -0.25) is 4.79 Å². The fourth-order valence-electron chi connectivity index (χ4n) is 2.32. The number of carbonyl (C=O) groups excluding carboxylic acids is 1. The summed E-state index contributed by atoms with van der Waals surface area (Å²) in [6.07, 6.45) is 2.12. The molecule has 0 aliphatic rings. The third-order valence-electron chi connectivity index (χ3n) is 3.44. The molecule has 0 fully saturated rings. The van der Waals surface area contributed by atoms with E-state index in [4.69, 9.17) is 16.9 Å². The van der Waals surface area contributed by atoms with Crippen molar-refractivity contribution in [1.29, 1.82) is 5.26 Å². The van der Waals surface area contributed by atoms with E-state index < -0.39 is 0 Å². The van der Waals surface area contributed by atoms with Crippen molar-refractivity contribution < 1.29 is 4.79 Å². The second-order valence-corrected chi connectivity index (χ2v) is 5.42. The Balaban J connectivity index is 2.28. The van der Waals surface area contributed by atoms with Crippen LogP contribution in [0.5, 0.6) is 0 Å². The minimum absolute atomic E-state index is 0.0611. The van der Waals surface area contributed by atoms with Gasteiger partial charge in [0.2, 0.25) is 0 Å². The van der Waals surface area contributed by atoms with Crippen LogP contribution in [-0.4, -0.2) is 12.8 Å². The second-order valence-electron chi connectivity index (χ2n) is 4.98. The molecule has 1 N–H and O–H groups in total. The molecule has 0 radical (unpaired) electrons. The molecule has 0 aliphatic carbocycles. The molecule has 3 nitrogen and oxygen atoms in total. The number of halogens is 1. The molecule has 0 atom stereocenters. The summed E-state index contributed by atoms with van der Waals surface area (Å²) in [4.78, 5) is 12.7. The van der Waals surface area contributed by atoms with Crippen LogP contribution in [0.2, 0.25) is 5.02 Å². The number of aryl methyl sites for hydroxylation is 1. The molecule has 0 heterocycles. The van der Waals surface area contributed by atoms with Crippen molar-refractivity contribution in [1.82, 2.24) is 0 Å². The number of nitriles is 1. The average Bonchev–Trinajstić information content (AvgIpc) is 2.54. The predicted octanol–water partition coefficient (Wildman–Crippen LogP) is 4.46. The van der Waals surface area contributed by atoms with Crippen LogP contribution < -0.4 is 5.32 Å². The Kier molecular flexibility index (Phi) is 5.57. The van der Waals surface area contributed by atoms with Gasteiger partial charge >= 0.3 is 0 Å². The standard InChI is InChI=1S/C18H17ClN2O/c1-21-17-9-8-15(19)12-16(17)18(22)14-7-4-6-13(11-14)5-2-3-10-20/h4,6-9,11-12,21H,2-3,5H2,1H3. The Morgan fingerprint density at radius 2 is 2.09 bits per heavy atom. The van der Waals surface area contributed by atoms with Crippen molar-refractivity contribution >= 4 is 23.1 Å². The van der Waals surface area contributed by atoms with E-state index >= 15 is 0 Å². The lowest BCUT2D eigenvalue weighted by atomic mass is 9.98. The SMILES string of the molecule is CNc1ccc(Cl)cc1C(=O)c1cccc(CCCC#N)c1. The fraction of sp³-hybridized carbons (Fsp3) is 0.222. The number of ketones is 1. The molecule has 0 amide bonds. The van der Waals surface area contributed by atoms with Gasteiger partial charge in [-0.1, -0.05) is 29.8 Å². The first-order chi connectivity index (χ1) is 10.7. The van der Waals surface area contributed by atoms with Gasteiger partial charge in [0.1, 0.15) is 0 Å². The molecular formula is C18H17ClN2O. The number of unbranched alkanes of at least 4 members (excludes halogenated alkanes) is 1. The van der Waals surface area contributed by atoms with Crippen LogP contribution in [0, 0.1) is 11.3 Å². The average molecular weight is 313 g/mol. The van der Waals surface area contributed by atoms with Gasteiger partial charge in [0, 0.05) is 35.3 Å². The van der Waals surface area contributed by atoms with Crippen LogP contribution in [0.15, 0.2) is 42.5 Å². The molecule has 2 rings (SSSR count). The molecule has 4 heteroatoms. The van der Waals surface area contributed by atoms with E-state index in [1.54, 1.807) is 31.3 Å². The second kappa shape index (κ2) is 7.63. The maximum absolute atomic E-state index is 12.7. The molecule has 112 valence electrons. The highest BCUT2D eigenvalue weighted by Gasteiger charge is 2.14. The van der Waals surface area contributed by atoms with Crippen molar-refractivity contribution in [2.24, 2.45) is 0 Å². The van der Waals surface area contributed by atoms with Crippen LogP contribution in [-0.2, 0) is 6.42 Å². The largest absolute Gasteiger partial charge is 0.388 e. The van der Waals surface area contributed by atoms with Gasteiger partial charge in [0.05, 0.1) is 6.07 Å². The topological polar surface area (TPSA) is 52.9 Å². The molecule has 0 saturated carbocycles. The highest BCUT2D eigenvalue weighted by molar-refractivity contribution is 6.31. The highest BCUT2D eigenvalue weighted by Crippen LogP contribution is 2.23. The number of hydrogen-bond acceptors (Lipinski definition) is 3. The number of benzene rings is 2. The van der Waals surface area contributed by atoms with E-state index in [0.717, 1.165) is 24.1 Å². The predicted molar refractivity (Wildman–Crippen MR) is 89.4 cm³/mol. The number of nitrogens with one attached hydrogen (secondary N) is 1. The first-order valence-corrected chi connectivity index (χ1v) is 7.51. The third-order valence-corrected chi connectivity index (χ3v) is 3.67. The smallest absolute Gasteiger partial charge is 0.195 e. The first-order valence-electron chi connectivity index (χ1n) is 7.13. The van der Waals surface area contributed by atoms with Gasteiger partial charge in [0.15, 0.2) is 5.78 Å². The van der Waals surface area contributed by atoms with Gasteiger partial charge in [-0.2, -0.15) is 5.26 Å². The number of anilines is 1. The summed E-state index contributed by atoms with van der Waals surface area (Å²) in [5.74, 6) is -0.0611. The number of hydrogen-bond donors (Lipinski definition) is 1. The minimum atomic E-state index is -0.0611. The summed E-state index contributed by atoms with van der Waals surface area (Å²) < 4.78 is 0. The molecule has 22 heavy (non-hydrogen) atoms.